The van der Waals surface area contributed by atoms with Crippen molar-refractivity contribution in [3.8, 4) is 16.9 Å². The Balaban J connectivity index is 1.84. The highest BCUT2D eigenvalue weighted by Crippen LogP contribution is 2.49. The van der Waals surface area contributed by atoms with Gasteiger partial charge in [0.2, 0.25) is 0 Å². The second kappa shape index (κ2) is 5.59. The smallest absolute Gasteiger partial charge is 0.266 e. The van der Waals surface area contributed by atoms with Crippen LogP contribution in [0.1, 0.15) is 44.1 Å². The van der Waals surface area contributed by atoms with Crippen LogP contribution < -0.4 is 9.83 Å². The molecule has 1 heterocycles. The summed E-state index contributed by atoms with van der Waals surface area (Å²) in [6, 6.07) is 14.3. The van der Waals surface area contributed by atoms with Crippen molar-refractivity contribution in [1.29, 1.82) is 0 Å². The minimum Gasteiger partial charge on any atom is -0.441 e. The van der Waals surface area contributed by atoms with E-state index in [9.17, 15) is 4.57 Å². The molecule has 3 unspecified atom stereocenters. The molecule has 0 spiro atoms. The van der Waals surface area contributed by atoms with Crippen LogP contribution in [-0.4, -0.2) is 0 Å². The molecule has 0 aromatic heterocycles. The van der Waals surface area contributed by atoms with Crippen molar-refractivity contribution in [1.82, 2.24) is 0 Å². The van der Waals surface area contributed by atoms with Crippen LogP contribution in [0.4, 0.5) is 0 Å². The molecule has 114 valence electrons. The van der Waals surface area contributed by atoms with Gasteiger partial charge in [0.05, 0.1) is 5.30 Å². The first-order valence-electron chi connectivity index (χ1n) is 8.18. The fourth-order valence-corrected chi connectivity index (χ4v) is 5.16. The monoisotopic (exact) mass is 312 g/mol. The number of benzene rings is 2. The van der Waals surface area contributed by atoms with E-state index in [1.165, 1.54) is 31.2 Å². The number of para-hydroxylation sites is 1. The van der Waals surface area contributed by atoms with Crippen LogP contribution in [0.2, 0.25) is 0 Å². The van der Waals surface area contributed by atoms with E-state index in [4.69, 9.17) is 4.52 Å². The maximum atomic E-state index is 12.5. The van der Waals surface area contributed by atoms with Crippen molar-refractivity contribution in [2.24, 2.45) is 5.92 Å². The predicted molar refractivity (Wildman–Crippen MR) is 91.5 cm³/mol. The van der Waals surface area contributed by atoms with Crippen LogP contribution in [0.5, 0.6) is 5.75 Å². The molecule has 2 aliphatic rings. The molecule has 0 radical (unpaired) electrons. The van der Waals surface area contributed by atoms with E-state index in [0.29, 0.717) is 5.92 Å². The molecule has 2 nitrogen and oxygen atoms in total. The Morgan fingerprint density at radius 1 is 1.05 bits per heavy atom. The Morgan fingerprint density at radius 2 is 1.86 bits per heavy atom. The minimum absolute atomic E-state index is 0.541. The summed E-state index contributed by atoms with van der Waals surface area (Å²) in [6.45, 7) is 2.33. The molecule has 1 aliphatic carbocycles. The van der Waals surface area contributed by atoms with Crippen LogP contribution in [0, 0.1) is 5.92 Å². The summed E-state index contributed by atoms with van der Waals surface area (Å²) in [5.74, 6) is 2.19. The normalized spacial score (nSPS) is 26.7. The molecule has 0 saturated heterocycles. The van der Waals surface area contributed by atoms with E-state index < -0.39 is 8.03 Å². The van der Waals surface area contributed by atoms with Gasteiger partial charge in [-0.2, -0.15) is 0 Å². The summed E-state index contributed by atoms with van der Waals surface area (Å²) >= 11 is 0. The molecule has 2 aromatic carbocycles. The molecule has 22 heavy (non-hydrogen) atoms. The van der Waals surface area contributed by atoms with Gasteiger partial charge in [0.15, 0.2) is 0 Å². The predicted octanol–water partition coefficient (Wildman–Crippen LogP) is 5.14. The zero-order chi connectivity index (χ0) is 15.1. The molecule has 0 N–H and O–H groups in total. The summed E-state index contributed by atoms with van der Waals surface area (Å²) in [4.78, 5) is 0. The molecule has 3 heteroatoms. The van der Waals surface area contributed by atoms with Crippen LogP contribution in [0.15, 0.2) is 42.5 Å². The first kappa shape index (κ1) is 14.1. The minimum atomic E-state index is -2.18. The summed E-state index contributed by atoms with van der Waals surface area (Å²) in [5.41, 5.74) is 3.45. The van der Waals surface area contributed by atoms with E-state index in [1.54, 1.807) is 0 Å². The molecular formula is C19H21O2P. The van der Waals surface area contributed by atoms with Gasteiger partial charge in [-0.05, 0) is 41.9 Å². The van der Waals surface area contributed by atoms with E-state index in [0.717, 1.165) is 28.1 Å². The second-order valence-electron chi connectivity index (χ2n) is 6.63. The lowest BCUT2D eigenvalue weighted by molar-refractivity contribution is 0.340. The molecule has 3 atom stereocenters. The largest absolute Gasteiger partial charge is 0.441 e. The van der Waals surface area contributed by atoms with Crippen molar-refractivity contribution in [2.75, 3.05) is 0 Å². The zero-order valence-electron chi connectivity index (χ0n) is 12.8. The maximum absolute atomic E-state index is 12.5. The van der Waals surface area contributed by atoms with Gasteiger partial charge in [-0.15, -0.1) is 0 Å². The standard InChI is InChI=1S/C19H21O2P/c1-13-6-4-7-14(12-13)15-9-5-10-17-16-8-2-3-11-18(16)22(20)21-19(15)17/h2-3,5,8-11,13-14,22H,4,6-7,12H2,1H3. The Kier molecular flexibility index (Phi) is 3.58. The van der Waals surface area contributed by atoms with E-state index in [2.05, 4.69) is 31.2 Å². The first-order chi connectivity index (χ1) is 10.7. The van der Waals surface area contributed by atoms with Gasteiger partial charge in [-0.25, -0.2) is 0 Å². The van der Waals surface area contributed by atoms with Crippen molar-refractivity contribution >= 4 is 13.3 Å². The van der Waals surface area contributed by atoms with Crippen molar-refractivity contribution in [3.63, 3.8) is 0 Å². The van der Waals surface area contributed by atoms with E-state index in [-0.39, 0.29) is 0 Å². The van der Waals surface area contributed by atoms with Gasteiger partial charge in [-0.3, -0.25) is 4.57 Å². The lowest BCUT2D eigenvalue weighted by Gasteiger charge is -2.30. The van der Waals surface area contributed by atoms with Crippen molar-refractivity contribution in [3.05, 3.63) is 48.0 Å². The Morgan fingerprint density at radius 3 is 2.73 bits per heavy atom. The van der Waals surface area contributed by atoms with E-state index >= 15 is 0 Å². The fourth-order valence-electron chi connectivity index (χ4n) is 3.96. The molecule has 1 fully saturated rings. The average molecular weight is 312 g/mol. The second-order valence-corrected chi connectivity index (χ2v) is 7.95. The highest BCUT2D eigenvalue weighted by Gasteiger charge is 2.29. The third-order valence-electron chi connectivity index (χ3n) is 5.05. The Labute approximate surface area is 132 Å². The van der Waals surface area contributed by atoms with Crippen LogP contribution in [0.25, 0.3) is 11.1 Å². The fraction of sp³-hybridized carbons (Fsp3) is 0.368. The van der Waals surface area contributed by atoms with Gasteiger partial charge in [0.25, 0.3) is 8.03 Å². The zero-order valence-corrected chi connectivity index (χ0v) is 13.8. The Hall–Kier alpha value is -1.53. The van der Waals surface area contributed by atoms with Crippen molar-refractivity contribution < 1.29 is 9.09 Å². The van der Waals surface area contributed by atoms with E-state index in [1.807, 2.05) is 18.2 Å². The summed E-state index contributed by atoms with van der Waals surface area (Å²) in [6.07, 6.45) is 5.03. The molecule has 4 rings (SSSR count). The SMILES string of the molecule is CC1CCCC(c2cccc3c2O[PH](=O)c2ccccc2-3)C1. The highest BCUT2D eigenvalue weighted by atomic mass is 31.1. The third kappa shape index (κ3) is 2.30. The lowest BCUT2D eigenvalue weighted by Crippen LogP contribution is -2.15. The number of rotatable bonds is 1. The summed E-state index contributed by atoms with van der Waals surface area (Å²) < 4.78 is 18.4. The summed E-state index contributed by atoms with van der Waals surface area (Å²) in [5, 5.41) is 0.856. The maximum Gasteiger partial charge on any atom is 0.266 e. The molecule has 0 amide bonds. The molecule has 0 bridgehead atoms. The quantitative estimate of drug-likeness (QED) is 0.682. The highest BCUT2D eigenvalue weighted by molar-refractivity contribution is 7.49. The molecule has 2 aromatic rings. The molecule has 1 saturated carbocycles. The molecule has 1 aliphatic heterocycles. The van der Waals surface area contributed by atoms with Gasteiger partial charge in [0, 0.05) is 5.56 Å². The number of hydrogen-bond donors (Lipinski definition) is 0. The first-order valence-corrected chi connectivity index (χ1v) is 9.50. The topological polar surface area (TPSA) is 26.3 Å². The van der Waals surface area contributed by atoms with Crippen LogP contribution in [-0.2, 0) is 4.57 Å². The van der Waals surface area contributed by atoms with Gasteiger partial charge in [-0.1, -0.05) is 56.2 Å². The Bertz CT molecular complexity index is 738. The lowest BCUT2D eigenvalue weighted by atomic mass is 9.78. The van der Waals surface area contributed by atoms with Crippen LogP contribution in [0.3, 0.4) is 0 Å². The van der Waals surface area contributed by atoms with Gasteiger partial charge in [0.1, 0.15) is 5.75 Å². The van der Waals surface area contributed by atoms with Crippen molar-refractivity contribution in [2.45, 2.75) is 38.5 Å². The third-order valence-corrected chi connectivity index (χ3v) is 6.32. The number of fused-ring (bicyclic) bond motifs is 3. The van der Waals surface area contributed by atoms with Gasteiger partial charge < -0.3 is 4.52 Å². The average Bonchev–Trinajstić information content (AvgIpc) is 2.55. The van der Waals surface area contributed by atoms with Crippen LogP contribution >= 0.6 is 8.03 Å². The molecular weight excluding hydrogens is 291 g/mol. The number of hydrogen-bond acceptors (Lipinski definition) is 2. The summed E-state index contributed by atoms with van der Waals surface area (Å²) in [7, 11) is -2.18. The van der Waals surface area contributed by atoms with Gasteiger partial charge >= 0.3 is 0 Å².